The van der Waals surface area contributed by atoms with Crippen LogP contribution >= 0.6 is 11.6 Å². The molecule has 20 heavy (non-hydrogen) atoms. The highest BCUT2D eigenvalue weighted by Gasteiger charge is 2.13. The Morgan fingerprint density at radius 2 is 2.05 bits per heavy atom. The van der Waals surface area contributed by atoms with Crippen LogP contribution in [0.1, 0.15) is 24.8 Å². The molecule has 6 heteroatoms. The quantitative estimate of drug-likeness (QED) is 0.857. The van der Waals surface area contributed by atoms with E-state index in [1.165, 1.54) is 18.2 Å². The Bertz CT molecular complexity index is 662. The summed E-state index contributed by atoms with van der Waals surface area (Å²) in [4.78, 5) is 11.4. The van der Waals surface area contributed by atoms with Crippen LogP contribution < -0.4 is 0 Å². The van der Waals surface area contributed by atoms with Crippen molar-refractivity contribution in [3.8, 4) is 0 Å². The molecule has 4 nitrogen and oxygen atoms in total. The van der Waals surface area contributed by atoms with E-state index >= 15 is 0 Å². The lowest BCUT2D eigenvalue weighted by atomic mass is 10.1. The minimum Gasteiger partial charge on any atom is -0.493 e. The maximum Gasteiger partial charge on any atom is 0.175 e. The maximum atomic E-state index is 11.4. The zero-order valence-electron chi connectivity index (χ0n) is 11.1. The normalized spacial score (nSPS) is 15.9. The van der Waals surface area contributed by atoms with Crippen LogP contribution in [0, 0.1) is 0 Å². The summed E-state index contributed by atoms with van der Waals surface area (Å²) in [6, 6.07) is 4.54. The lowest BCUT2D eigenvalue weighted by molar-refractivity contribution is -0.115. The standard InChI is InChI=1S/C14H15ClO4S/c1-20(17,18)13-6-5-10(14(15)8-13)9-19-12-4-2-3-11(16)7-12/h5-8H,2-4,9H2,1H3. The number of rotatable bonds is 4. The van der Waals surface area contributed by atoms with Crippen LogP contribution in [0.3, 0.4) is 0 Å². The monoisotopic (exact) mass is 314 g/mol. The van der Waals surface area contributed by atoms with E-state index in [0.717, 1.165) is 19.1 Å². The van der Waals surface area contributed by atoms with Crippen LogP contribution in [0.2, 0.25) is 5.02 Å². The molecule has 0 heterocycles. The summed E-state index contributed by atoms with van der Waals surface area (Å²) >= 11 is 6.05. The summed E-state index contributed by atoms with van der Waals surface area (Å²) in [5.41, 5.74) is 0.693. The van der Waals surface area contributed by atoms with Crippen molar-refractivity contribution in [2.24, 2.45) is 0 Å². The Labute approximate surface area is 123 Å². The summed E-state index contributed by atoms with van der Waals surface area (Å²) in [6.07, 6.45) is 4.75. The van der Waals surface area contributed by atoms with Crippen LogP contribution in [-0.4, -0.2) is 20.5 Å². The summed E-state index contributed by atoms with van der Waals surface area (Å²) < 4.78 is 28.4. The first-order valence-corrected chi connectivity index (χ1v) is 8.48. The second-order valence-electron chi connectivity index (χ2n) is 4.74. The topological polar surface area (TPSA) is 60.4 Å². The molecule has 0 saturated carbocycles. The van der Waals surface area contributed by atoms with Crippen molar-refractivity contribution in [2.45, 2.75) is 30.8 Å². The van der Waals surface area contributed by atoms with Gasteiger partial charge in [-0.15, -0.1) is 0 Å². The van der Waals surface area contributed by atoms with Crippen molar-refractivity contribution in [3.63, 3.8) is 0 Å². The van der Waals surface area contributed by atoms with Gasteiger partial charge in [-0.25, -0.2) is 8.42 Å². The predicted octanol–water partition coefficient (Wildman–Crippen LogP) is 2.90. The van der Waals surface area contributed by atoms with Crippen molar-refractivity contribution >= 4 is 27.2 Å². The Kier molecular flexibility index (Phi) is 4.50. The molecule has 0 saturated heterocycles. The fourth-order valence-corrected chi connectivity index (χ4v) is 2.87. The van der Waals surface area contributed by atoms with Crippen LogP contribution in [0.5, 0.6) is 0 Å². The molecule has 0 radical (unpaired) electrons. The van der Waals surface area contributed by atoms with E-state index in [4.69, 9.17) is 16.3 Å². The minimum atomic E-state index is -3.27. The van der Waals surface area contributed by atoms with Crippen LogP contribution in [0.25, 0.3) is 0 Å². The zero-order chi connectivity index (χ0) is 14.8. The van der Waals surface area contributed by atoms with Crippen LogP contribution in [0.4, 0.5) is 0 Å². The first-order chi connectivity index (χ1) is 9.36. The average molecular weight is 315 g/mol. The molecule has 0 spiro atoms. The Morgan fingerprint density at radius 1 is 1.30 bits per heavy atom. The molecular weight excluding hydrogens is 300 g/mol. The van der Waals surface area contributed by atoms with E-state index in [1.54, 1.807) is 6.07 Å². The number of benzene rings is 1. The molecule has 0 bridgehead atoms. The molecule has 1 aromatic rings. The highest BCUT2D eigenvalue weighted by molar-refractivity contribution is 7.90. The fourth-order valence-electron chi connectivity index (χ4n) is 1.92. The molecule has 0 aliphatic heterocycles. The number of allylic oxidation sites excluding steroid dienone is 2. The zero-order valence-corrected chi connectivity index (χ0v) is 12.6. The number of hydrogen-bond acceptors (Lipinski definition) is 4. The van der Waals surface area contributed by atoms with Crippen molar-refractivity contribution < 1.29 is 17.9 Å². The fraction of sp³-hybridized carbons (Fsp3) is 0.357. The number of halogens is 1. The minimum absolute atomic E-state index is 0.0739. The van der Waals surface area contributed by atoms with E-state index in [2.05, 4.69) is 0 Å². The van der Waals surface area contributed by atoms with E-state index in [1.807, 2.05) is 0 Å². The van der Waals surface area contributed by atoms with Gasteiger partial charge in [0, 0.05) is 35.8 Å². The first-order valence-electron chi connectivity index (χ1n) is 6.21. The largest absolute Gasteiger partial charge is 0.493 e. The van der Waals surface area contributed by atoms with E-state index in [9.17, 15) is 13.2 Å². The van der Waals surface area contributed by atoms with Gasteiger partial charge >= 0.3 is 0 Å². The van der Waals surface area contributed by atoms with Gasteiger partial charge < -0.3 is 4.74 Å². The number of sulfone groups is 1. The maximum absolute atomic E-state index is 11.4. The first kappa shape index (κ1) is 15.1. The number of carbonyl (C=O) groups is 1. The summed E-state index contributed by atoms with van der Waals surface area (Å²) in [5, 5.41) is 0.343. The Balaban J connectivity index is 2.09. The third-order valence-corrected chi connectivity index (χ3v) is 4.50. The van der Waals surface area contributed by atoms with E-state index in [-0.39, 0.29) is 17.3 Å². The van der Waals surface area contributed by atoms with Crippen molar-refractivity contribution in [1.29, 1.82) is 0 Å². The number of hydrogen-bond donors (Lipinski definition) is 0. The van der Waals surface area contributed by atoms with Gasteiger partial charge in [-0.1, -0.05) is 17.7 Å². The molecule has 1 aliphatic rings. The molecule has 0 fully saturated rings. The molecule has 1 aromatic carbocycles. The molecule has 0 amide bonds. The van der Waals surface area contributed by atoms with E-state index < -0.39 is 9.84 Å². The van der Waals surface area contributed by atoms with Gasteiger partial charge in [-0.05, 0) is 18.6 Å². The van der Waals surface area contributed by atoms with Gasteiger partial charge in [0.2, 0.25) is 0 Å². The molecule has 2 rings (SSSR count). The molecule has 0 atom stereocenters. The predicted molar refractivity (Wildman–Crippen MR) is 76.3 cm³/mol. The number of ketones is 1. The second kappa shape index (κ2) is 5.97. The third-order valence-electron chi connectivity index (χ3n) is 3.03. The van der Waals surface area contributed by atoms with Gasteiger partial charge in [-0.2, -0.15) is 0 Å². The molecular formula is C14H15ClO4S. The van der Waals surface area contributed by atoms with Gasteiger partial charge in [0.25, 0.3) is 0 Å². The second-order valence-corrected chi connectivity index (χ2v) is 7.17. The Morgan fingerprint density at radius 3 is 2.65 bits per heavy atom. The van der Waals surface area contributed by atoms with Gasteiger partial charge in [-0.3, -0.25) is 4.79 Å². The Hall–Kier alpha value is -1.33. The highest BCUT2D eigenvalue weighted by atomic mass is 35.5. The summed E-state index contributed by atoms with van der Waals surface area (Å²) in [6.45, 7) is 0.224. The van der Waals surface area contributed by atoms with Crippen molar-refractivity contribution in [2.75, 3.05) is 6.26 Å². The SMILES string of the molecule is CS(=O)(=O)c1ccc(COC2=CC(=O)CCC2)c(Cl)c1. The van der Waals surface area contributed by atoms with Crippen molar-refractivity contribution in [3.05, 3.63) is 40.6 Å². The summed E-state index contributed by atoms with van der Waals surface area (Å²) in [7, 11) is -3.27. The molecule has 0 N–H and O–H groups in total. The smallest absolute Gasteiger partial charge is 0.175 e. The van der Waals surface area contributed by atoms with Crippen LogP contribution in [-0.2, 0) is 26.0 Å². The number of carbonyl (C=O) groups excluding carboxylic acids is 1. The summed E-state index contributed by atoms with van der Waals surface area (Å²) in [5.74, 6) is 0.731. The molecule has 0 aromatic heterocycles. The van der Waals surface area contributed by atoms with Gasteiger partial charge in [0.05, 0.1) is 10.7 Å². The van der Waals surface area contributed by atoms with Gasteiger partial charge in [0.1, 0.15) is 6.61 Å². The lowest BCUT2D eigenvalue weighted by Gasteiger charge is -2.14. The highest BCUT2D eigenvalue weighted by Crippen LogP contribution is 2.24. The molecule has 0 unspecified atom stereocenters. The average Bonchev–Trinajstić information content (AvgIpc) is 2.36. The third kappa shape index (κ3) is 3.84. The molecule has 1 aliphatic carbocycles. The van der Waals surface area contributed by atoms with Crippen molar-refractivity contribution in [1.82, 2.24) is 0 Å². The number of ether oxygens (including phenoxy) is 1. The van der Waals surface area contributed by atoms with Gasteiger partial charge in [0.15, 0.2) is 15.6 Å². The van der Waals surface area contributed by atoms with E-state index in [0.29, 0.717) is 22.8 Å². The molecule has 108 valence electrons. The van der Waals surface area contributed by atoms with Crippen LogP contribution in [0.15, 0.2) is 34.9 Å². The lowest BCUT2D eigenvalue weighted by Crippen LogP contribution is -2.05.